The van der Waals surface area contributed by atoms with Crippen LogP contribution in [0.25, 0.3) is 0 Å². The highest BCUT2D eigenvalue weighted by molar-refractivity contribution is 5.98. The van der Waals surface area contributed by atoms with Crippen LogP contribution in [0.3, 0.4) is 0 Å². The number of nitrogens with one attached hydrogen (secondary N) is 3. The Kier molecular flexibility index (Phi) is 10.6. The normalized spacial score (nSPS) is 18.5. The molecule has 1 unspecified atom stereocenters. The Morgan fingerprint density at radius 1 is 0.850 bits per heavy atom. The van der Waals surface area contributed by atoms with Crippen molar-refractivity contribution in [3.63, 3.8) is 0 Å². The maximum absolute atomic E-state index is 13.5. The number of rotatable bonds is 14. The van der Waals surface area contributed by atoms with Gasteiger partial charge in [0.05, 0.1) is 25.1 Å². The van der Waals surface area contributed by atoms with Gasteiger partial charge in [-0.3, -0.25) is 19.2 Å². The molecule has 0 aliphatic carbocycles. The van der Waals surface area contributed by atoms with E-state index in [0.717, 1.165) is 0 Å². The summed E-state index contributed by atoms with van der Waals surface area (Å²) in [7, 11) is 0. The van der Waals surface area contributed by atoms with E-state index in [9.17, 15) is 23.6 Å². The first-order valence-corrected chi connectivity index (χ1v) is 13.8. The van der Waals surface area contributed by atoms with Crippen LogP contribution in [-0.4, -0.2) is 47.8 Å². The molecule has 3 N–H and O–H groups in total. The maximum atomic E-state index is 13.5. The van der Waals surface area contributed by atoms with Crippen LogP contribution in [0.4, 0.5) is 4.39 Å². The zero-order valence-electron chi connectivity index (χ0n) is 23.8. The molecule has 0 bridgehead atoms. The van der Waals surface area contributed by atoms with Crippen LogP contribution < -0.4 is 16.0 Å². The van der Waals surface area contributed by atoms with Gasteiger partial charge in [0.15, 0.2) is 5.78 Å². The first-order chi connectivity index (χ1) is 18.9. The lowest BCUT2D eigenvalue weighted by Crippen LogP contribution is -2.50. The predicted molar refractivity (Wildman–Crippen MR) is 150 cm³/mol. The van der Waals surface area contributed by atoms with Gasteiger partial charge in [-0.25, -0.2) is 4.39 Å². The van der Waals surface area contributed by atoms with E-state index >= 15 is 0 Å². The molecule has 0 radical (unpaired) electrons. The molecule has 9 heteroatoms. The van der Waals surface area contributed by atoms with E-state index in [0.29, 0.717) is 25.0 Å². The van der Waals surface area contributed by atoms with Crippen LogP contribution >= 0.6 is 0 Å². The van der Waals surface area contributed by atoms with Crippen molar-refractivity contribution in [1.29, 1.82) is 0 Å². The Morgan fingerprint density at radius 3 is 1.98 bits per heavy atom. The highest BCUT2D eigenvalue weighted by atomic mass is 19.1. The van der Waals surface area contributed by atoms with Gasteiger partial charge in [0.1, 0.15) is 17.5 Å². The monoisotopic (exact) mass is 553 g/mol. The molecule has 1 fully saturated rings. The summed E-state index contributed by atoms with van der Waals surface area (Å²) < 4.78 is 18.6. The summed E-state index contributed by atoms with van der Waals surface area (Å²) >= 11 is 0. The lowest BCUT2D eigenvalue weighted by atomic mass is 9.93. The fraction of sp³-hybridized carbons (Fsp3) is 0.484. The topological polar surface area (TPSA) is 117 Å². The standard InChI is InChI=1S/C31H40FN3O5/c1-19(2)15-25(28(37)31(5)18-40-31)33-27(36)17-24(21-9-7-6-8-10-21)34-30(39)26(16-20(3)4)35-29(38)22-11-13-23(32)14-12-22/h6-14,19-20,24-26H,15-18H2,1-5H3,(H,33,36)(H,34,39)(H,35,38)/t24?,25-,26-,31+/m0/s1. The summed E-state index contributed by atoms with van der Waals surface area (Å²) in [4.78, 5) is 52.5. The van der Waals surface area contributed by atoms with Crippen molar-refractivity contribution in [2.24, 2.45) is 11.8 Å². The van der Waals surface area contributed by atoms with Gasteiger partial charge in [0, 0.05) is 5.56 Å². The zero-order valence-corrected chi connectivity index (χ0v) is 23.8. The van der Waals surface area contributed by atoms with Gasteiger partial charge in [-0.1, -0.05) is 58.0 Å². The highest BCUT2D eigenvalue weighted by Crippen LogP contribution is 2.30. The highest BCUT2D eigenvalue weighted by Gasteiger charge is 2.50. The van der Waals surface area contributed by atoms with Crippen molar-refractivity contribution < 1.29 is 28.3 Å². The molecular formula is C31H40FN3O5. The summed E-state index contributed by atoms with van der Waals surface area (Å²) in [5.74, 6) is -1.70. The second-order valence-electron chi connectivity index (χ2n) is 11.5. The third kappa shape index (κ3) is 8.98. The minimum Gasteiger partial charge on any atom is -0.361 e. The molecule has 1 aliphatic heterocycles. The quantitative estimate of drug-likeness (QED) is 0.305. The van der Waals surface area contributed by atoms with Gasteiger partial charge in [-0.05, 0) is 61.4 Å². The fourth-order valence-electron chi connectivity index (χ4n) is 4.52. The van der Waals surface area contributed by atoms with Gasteiger partial charge < -0.3 is 20.7 Å². The molecule has 4 atom stereocenters. The Morgan fingerprint density at radius 2 is 1.43 bits per heavy atom. The minimum atomic E-state index is -0.881. The lowest BCUT2D eigenvalue weighted by molar-refractivity contribution is -0.131. The van der Waals surface area contributed by atoms with Crippen LogP contribution in [0.5, 0.6) is 0 Å². The smallest absolute Gasteiger partial charge is 0.251 e. The number of benzene rings is 2. The summed E-state index contributed by atoms with van der Waals surface area (Å²) in [6, 6.07) is 11.9. The molecule has 2 aromatic carbocycles. The minimum absolute atomic E-state index is 0.0801. The molecule has 0 saturated carbocycles. The van der Waals surface area contributed by atoms with Crippen LogP contribution in [0.15, 0.2) is 54.6 Å². The van der Waals surface area contributed by atoms with E-state index in [1.54, 1.807) is 6.92 Å². The first-order valence-electron chi connectivity index (χ1n) is 13.8. The summed E-state index contributed by atoms with van der Waals surface area (Å²) in [6.07, 6.45) is 0.725. The number of amides is 3. The van der Waals surface area contributed by atoms with Crippen molar-refractivity contribution in [2.45, 2.75) is 77.6 Å². The Bertz CT molecular complexity index is 1180. The number of halogens is 1. The zero-order chi connectivity index (χ0) is 29.4. The van der Waals surface area contributed by atoms with E-state index < -0.39 is 41.4 Å². The molecule has 0 aromatic heterocycles. The van der Waals surface area contributed by atoms with E-state index in [2.05, 4.69) is 16.0 Å². The van der Waals surface area contributed by atoms with E-state index in [-0.39, 0.29) is 35.5 Å². The van der Waals surface area contributed by atoms with E-state index in [4.69, 9.17) is 4.74 Å². The molecule has 3 rings (SSSR count). The largest absolute Gasteiger partial charge is 0.361 e. The molecular weight excluding hydrogens is 513 g/mol. The van der Waals surface area contributed by atoms with Gasteiger partial charge >= 0.3 is 0 Å². The maximum Gasteiger partial charge on any atom is 0.251 e. The Labute approximate surface area is 235 Å². The van der Waals surface area contributed by atoms with E-state index in [1.807, 2.05) is 58.0 Å². The molecule has 1 saturated heterocycles. The molecule has 216 valence electrons. The number of carbonyl (C=O) groups excluding carboxylic acids is 4. The average Bonchev–Trinajstić information content (AvgIpc) is 3.65. The number of hydrogen-bond donors (Lipinski definition) is 3. The van der Waals surface area contributed by atoms with Crippen molar-refractivity contribution in [1.82, 2.24) is 16.0 Å². The first kappa shape index (κ1) is 30.9. The molecule has 0 spiro atoms. The van der Waals surface area contributed by atoms with E-state index in [1.165, 1.54) is 24.3 Å². The molecule has 3 amide bonds. The number of epoxide rings is 1. The van der Waals surface area contributed by atoms with Crippen molar-refractivity contribution >= 4 is 23.5 Å². The summed E-state index contributed by atoms with van der Waals surface area (Å²) in [5, 5.41) is 8.56. The number of Topliss-reactive ketones (excluding diaryl/α,β-unsaturated/α-hetero) is 1. The molecule has 1 aliphatic rings. The SMILES string of the molecule is CC(C)C[C@H](NC(=O)c1ccc(F)cc1)C(=O)NC(CC(=O)N[C@@H](CC(C)C)C(=O)[C@@]1(C)CO1)c1ccccc1. The van der Waals surface area contributed by atoms with Gasteiger partial charge in [-0.2, -0.15) is 0 Å². The van der Waals surface area contributed by atoms with Crippen LogP contribution in [0.2, 0.25) is 0 Å². The van der Waals surface area contributed by atoms with Gasteiger partial charge in [0.2, 0.25) is 11.8 Å². The Hall–Kier alpha value is -3.59. The summed E-state index contributed by atoms with van der Waals surface area (Å²) in [6.45, 7) is 9.87. The lowest BCUT2D eigenvalue weighted by Gasteiger charge is -2.26. The van der Waals surface area contributed by atoms with Gasteiger partial charge in [0.25, 0.3) is 5.91 Å². The van der Waals surface area contributed by atoms with Crippen molar-refractivity contribution in [3.8, 4) is 0 Å². The number of carbonyl (C=O) groups is 4. The number of hydrogen-bond acceptors (Lipinski definition) is 5. The second kappa shape index (κ2) is 13.7. The van der Waals surface area contributed by atoms with Crippen molar-refractivity contribution in [2.75, 3.05) is 6.61 Å². The predicted octanol–water partition coefficient (Wildman–Crippen LogP) is 4.11. The van der Waals surface area contributed by atoms with Crippen LogP contribution in [0.1, 0.15) is 75.8 Å². The van der Waals surface area contributed by atoms with Crippen LogP contribution in [-0.2, 0) is 19.1 Å². The summed E-state index contributed by atoms with van der Waals surface area (Å²) in [5.41, 5.74) is 0.0756. The third-order valence-electron chi connectivity index (χ3n) is 6.80. The third-order valence-corrected chi connectivity index (χ3v) is 6.80. The second-order valence-corrected chi connectivity index (χ2v) is 11.5. The molecule has 2 aromatic rings. The number of ether oxygens (including phenoxy) is 1. The van der Waals surface area contributed by atoms with Crippen LogP contribution in [0, 0.1) is 17.7 Å². The molecule has 8 nitrogen and oxygen atoms in total. The van der Waals surface area contributed by atoms with Crippen molar-refractivity contribution in [3.05, 3.63) is 71.5 Å². The number of ketones is 1. The fourth-order valence-corrected chi connectivity index (χ4v) is 4.52. The molecule has 1 heterocycles. The molecule has 40 heavy (non-hydrogen) atoms. The van der Waals surface area contributed by atoms with Gasteiger partial charge in [-0.15, -0.1) is 0 Å². The Balaban J connectivity index is 1.76. The average molecular weight is 554 g/mol.